The van der Waals surface area contributed by atoms with Crippen molar-refractivity contribution in [2.24, 2.45) is 0 Å². The number of carbonyl (C=O) groups excluding carboxylic acids is 1. The highest BCUT2D eigenvalue weighted by molar-refractivity contribution is 5.97. The van der Waals surface area contributed by atoms with Gasteiger partial charge in [-0.3, -0.25) is 0 Å². The summed E-state index contributed by atoms with van der Waals surface area (Å²) in [7, 11) is 0. The number of carbonyl (C=O) groups is 1. The molecule has 0 radical (unpaired) electrons. The highest BCUT2D eigenvalue weighted by Crippen LogP contribution is 2.57. The third-order valence-corrected chi connectivity index (χ3v) is 8.41. The van der Waals surface area contributed by atoms with Crippen LogP contribution < -0.4 is 19.7 Å². The first kappa shape index (κ1) is 28.7. The summed E-state index contributed by atoms with van der Waals surface area (Å²) in [5, 5.41) is 3.56. The summed E-state index contributed by atoms with van der Waals surface area (Å²) in [6.45, 7) is 11.1. The number of anilines is 3. The molecule has 2 heterocycles. The van der Waals surface area contributed by atoms with Crippen molar-refractivity contribution in [3.05, 3.63) is 107 Å². The van der Waals surface area contributed by atoms with Crippen molar-refractivity contribution in [1.82, 2.24) is 0 Å². The van der Waals surface area contributed by atoms with Crippen LogP contribution in [0.15, 0.2) is 78.9 Å². The number of rotatable bonds is 11. The van der Waals surface area contributed by atoms with E-state index >= 15 is 0 Å². The van der Waals surface area contributed by atoms with E-state index in [1.165, 1.54) is 0 Å². The smallest absolute Gasteiger partial charge is 0.340 e. The summed E-state index contributed by atoms with van der Waals surface area (Å²) in [4.78, 5) is 15.8. The van der Waals surface area contributed by atoms with Crippen molar-refractivity contribution in [1.29, 1.82) is 0 Å². The molecule has 2 aliphatic heterocycles. The van der Waals surface area contributed by atoms with Crippen molar-refractivity contribution >= 4 is 23.0 Å². The minimum Gasteiger partial charge on any atom is -0.494 e. The van der Waals surface area contributed by atoms with Gasteiger partial charge in [0.1, 0.15) is 17.2 Å². The molecule has 0 saturated carbocycles. The number of ether oxygens (including phenoxy) is 3. The minimum atomic E-state index is -1.12. The second-order valence-corrected chi connectivity index (χ2v) is 11.3. The highest BCUT2D eigenvalue weighted by Gasteiger charge is 2.53. The fourth-order valence-electron chi connectivity index (χ4n) is 6.16. The molecule has 0 fully saturated rings. The lowest BCUT2D eigenvalue weighted by molar-refractivity contribution is 0.0224. The van der Waals surface area contributed by atoms with Crippen LogP contribution in [0.2, 0.25) is 0 Å². The maximum Gasteiger partial charge on any atom is 0.340 e. The number of esters is 1. The summed E-state index contributed by atoms with van der Waals surface area (Å²) in [5.41, 5.74) is 5.94. The molecule has 0 aliphatic carbocycles. The van der Waals surface area contributed by atoms with Gasteiger partial charge in [0.25, 0.3) is 0 Å². The van der Waals surface area contributed by atoms with Gasteiger partial charge in [0, 0.05) is 52.9 Å². The average molecular weight is 577 g/mol. The molecule has 6 rings (SSSR count). The van der Waals surface area contributed by atoms with Crippen LogP contribution in [0.25, 0.3) is 0 Å². The Bertz CT molecular complexity index is 1620. The second kappa shape index (κ2) is 12.0. The number of unbranched alkanes of at least 4 members (excludes halogenated alkanes) is 2. The Morgan fingerprint density at radius 3 is 2.26 bits per heavy atom. The quantitative estimate of drug-likeness (QED) is 0.180. The van der Waals surface area contributed by atoms with Crippen molar-refractivity contribution in [2.75, 3.05) is 29.9 Å². The van der Waals surface area contributed by atoms with Crippen LogP contribution in [-0.2, 0) is 10.3 Å². The Balaban J connectivity index is 1.47. The van der Waals surface area contributed by atoms with Crippen molar-refractivity contribution in [3.8, 4) is 17.2 Å². The van der Waals surface area contributed by atoms with Crippen molar-refractivity contribution in [2.45, 2.75) is 59.0 Å². The predicted molar refractivity (Wildman–Crippen MR) is 172 cm³/mol. The minimum absolute atomic E-state index is 0.326. The number of nitrogens with one attached hydrogen (secondary N) is 1. The van der Waals surface area contributed by atoms with Crippen LogP contribution in [0.5, 0.6) is 17.2 Å². The molecule has 222 valence electrons. The Hall–Kier alpha value is -4.45. The van der Waals surface area contributed by atoms with Gasteiger partial charge in [-0.2, -0.15) is 0 Å². The molecule has 0 saturated heterocycles. The molecule has 1 spiro atoms. The molecular weight excluding hydrogens is 536 g/mol. The van der Waals surface area contributed by atoms with Crippen LogP contribution in [0.4, 0.5) is 17.1 Å². The Morgan fingerprint density at radius 1 is 0.814 bits per heavy atom. The maximum atomic E-state index is 13.4. The summed E-state index contributed by atoms with van der Waals surface area (Å²) in [6, 6.07) is 26.1. The van der Waals surface area contributed by atoms with Crippen molar-refractivity contribution in [3.63, 3.8) is 0 Å². The molecule has 0 aromatic heterocycles. The molecule has 6 heteroatoms. The van der Waals surface area contributed by atoms with E-state index in [2.05, 4.69) is 55.3 Å². The van der Waals surface area contributed by atoms with Gasteiger partial charge in [-0.05, 0) is 86.8 Å². The molecule has 0 amide bonds. The lowest BCUT2D eigenvalue weighted by Gasteiger charge is -2.38. The van der Waals surface area contributed by atoms with E-state index in [1.54, 1.807) is 0 Å². The van der Waals surface area contributed by atoms with E-state index in [9.17, 15) is 4.79 Å². The Labute approximate surface area is 254 Å². The van der Waals surface area contributed by atoms with Gasteiger partial charge in [0.15, 0.2) is 5.60 Å². The van der Waals surface area contributed by atoms with Gasteiger partial charge in [0.05, 0.1) is 12.2 Å². The summed E-state index contributed by atoms with van der Waals surface area (Å²) in [6.07, 6.45) is 4.53. The predicted octanol–water partition coefficient (Wildman–Crippen LogP) is 9.11. The van der Waals surface area contributed by atoms with Crippen LogP contribution in [0, 0.1) is 6.92 Å². The van der Waals surface area contributed by atoms with Crippen LogP contribution in [0.3, 0.4) is 0 Å². The monoisotopic (exact) mass is 576 g/mol. The van der Waals surface area contributed by atoms with Crippen LogP contribution >= 0.6 is 0 Å². The zero-order chi connectivity index (χ0) is 30.0. The number of benzene rings is 4. The lowest BCUT2D eigenvalue weighted by Crippen LogP contribution is -2.33. The highest BCUT2D eigenvalue weighted by atomic mass is 16.6. The summed E-state index contributed by atoms with van der Waals surface area (Å²) < 4.78 is 18.7. The number of hydrogen-bond donors (Lipinski definition) is 1. The molecule has 1 atom stereocenters. The topological polar surface area (TPSA) is 60.0 Å². The van der Waals surface area contributed by atoms with E-state index in [0.717, 1.165) is 89.6 Å². The van der Waals surface area contributed by atoms with E-state index in [4.69, 9.17) is 14.2 Å². The molecule has 1 N–H and O–H groups in total. The SMILES string of the molecule is CCCCN(CCCC)c1ccc2c(c1)Oc1cc(C)c(Nc3ccc(OCC)cc3)cc1C21OC(=O)c2ccccc21. The Morgan fingerprint density at radius 2 is 1.53 bits per heavy atom. The number of nitrogens with zero attached hydrogens (tertiary/aromatic N) is 1. The molecule has 4 aromatic rings. The number of aryl methyl sites for hydroxylation is 1. The van der Waals surface area contributed by atoms with Gasteiger partial charge >= 0.3 is 5.97 Å². The van der Waals surface area contributed by atoms with Crippen LogP contribution in [0.1, 0.15) is 79.1 Å². The average Bonchev–Trinajstić information content (AvgIpc) is 3.31. The zero-order valence-electron chi connectivity index (χ0n) is 25.5. The third-order valence-electron chi connectivity index (χ3n) is 8.41. The standard InChI is InChI=1S/C37H40N2O4/c1-5-8-20-39(21-9-6-2)27-16-19-31-35(23-27)42-34-22-25(4)33(38-26-14-17-28(18-15-26)41-7-3)24-32(34)37(31)30-13-11-10-12-29(30)36(40)43-37/h10-19,22-24,38H,5-9,20-21H2,1-4H3. The summed E-state index contributed by atoms with van der Waals surface area (Å²) >= 11 is 0. The van der Waals surface area contributed by atoms with E-state index in [1.807, 2.05) is 61.5 Å². The van der Waals surface area contributed by atoms with Crippen LogP contribution in [-0.4, -0.2) is 25.7 Å². The van der Waals surface area contributed by atoms with Gasteiger partial charge in [-0.1, -0.05) is 44.9 Å². The molecule has 43 heavy (non-hydrogen) atoms. The molecule has 1 unspecified atom stereocenters. The van der Waals surface area contributed by atoms with Gasteiger partial charge < -0.3 is 24.4 Å². The maximum absolute atomic E-state index is 13.4. The van der Waals surface area contributed by atoms with Gasteiger partial charge in [0.2, 0.25) is 0 Å². The Kier molecular flexibility index (Phi) is 8.02. The van der Waals surface area contributed by atoms with E-state index < -0.39 is 5.60 Å². The normalized spacial score (nSPS) is 16.1. The van der Waals surface area contributed by atoms with Gasteiger partial charge in [-0.15, -0.1) is 0 Å². The summed E-state index contributed by atoms with van der Waals surface area (Å²) in [5.74, 6) is 1.92. The molecule has 0 bridgehead atoms. The number of hydrogen-bond acceptors (Lipinski definition) is 6. The van der Waals surface area contributed by atoms with E-state index in [-0.39, 0.29) is 5.97 Å². The lowest BCUT2D eigenvalue weighted by atomic mass is 9.77. The first-order valence-corrected chi connectivity index (χ1v) is 15.5. The molecule has 4 aromatic carbocycles. The molecule has 2 aliphatic rings. The van der Waals surface area contributed by atoms with Gasteiger partial charge in [-0.25, -0.2) is 4.79 Å². The first-order chi connectivity index (χ1) is 21.0. The fraction of sp³-hybridized carbons (Fsp3) is 0.324. The molecular formula is C37H40N2O4. The van der Waals surface area contributed by atoms with Crippen molar-refractivity contribution < 1.29 is 19.0 Å². The molecule has 6 nitrogen and oxygen atoms in total. The first-order valence-electron chi connectivity index (χ1n) is 15.5. The van der Waals surface area contributed by atoms with E-state index in [0.29, 0.717) is 17.9 Å². The third kappa shape index (κ3) is 5.20. The number of fused-ring (bicyclic) bond motifs is 6. The zero-order valence-corrected chi connectivity index (χ0v) is 25.5. The fourth-order valence-corrected chi connectivity index (χ4v) is 6.16. The largest absolute Gasteiger partial charge is 0.494 e. The second-order valence-electron chi connectivity index (χ2n) is 11.3.